The third-order valence-corrected chi connectivity index (χ3v) is 2.41. The van der Waals surface area contributed by atoms with E-state index in [4.69, 9.17) is 0 Å². The zero-order valence-electron chi connectivity index (χ0n) is 12.9. The lowest BCUT2D eigenvalue weighted by Crippen LogP contribution is -2.28. The number of nitrogens with one attached hydrogen (secondary N) is 3. The lowest BCUT2D eigenvalue weighted by molar-refractivity contribution is -0.123. The van der Waals surface area contributed by atoms with Crippen LogP contribution in [-0.2, 0) is 4.79 Å². The van der Waals surface area contributed by atoms with Crippen molar-refractivity contribution in [1.82, 2.24) is 16.0 Å². The lowest BCUT2D eigenvalue weighted by atomic mass is 10.2. The summed E-state index contributed by atoms with van der Waals surface area (Å²) in [4.78, 5) is 11.2. The van der Waals surface area contributed by atoms with Crippen molar-refractivity contribution >= 4 is 5.91 Å². The fourth-order valence-corrected chi connectivity index (χ4v) is 1.31. The predicted molar refractivity (Wildman–Crippen MR) is 79.8 cm³/mol. The fraction of sp³-hybridized carbons (Fsp3) is 0.929. The van der Waals surface area contributed by atoms with Crippen LogP contribution in [0.25, 0.3) is 0 Å². The van der Waals surface area contributed by atoms with Crippen molar-refractivity contribution in [2.45, 2.75) is 47.0 Å². The van der Waals surface area contributed by atoms with Gasteiger partial charge in [0.2, 0.25) is 5.91 Å². The summed E-state index contributed by atoms with van der Waals surface area (Å²) in [6.07, 6.45) is 3.43. The highest BCUT2D eigenvalue weighted by Crippen LogP contribution is 1.94. The van der Waals surface area contributed by atoms with Crippen LogP contribution in [0.1, 0.15) is 47.0 Å². The summed E-state index contributed by atoms with van der Waals surface area (Å²) in [7, 11) is 1.96. The maximum Gasteiger partial charge on any atom is 0.222 e. The molecule has 0 radical (unpaired) electrons. The summed E-state index contributed by atoms with van der Waals surface area (Å²) in [6.45, 7) is 11.8. The molecular formula is C14H33N3O. The van der Waals surface area contributed by atoms with Gasteiger partial charge < -0.3 is 16.0 Å². The summed E-state index contributed by atoms with van der Waals surface area (Å²) < 4.78 is 0. The molecule has 0 aliphatic carbocycles. The molecule has 110 valence electrons. The Morgan fingerprint density at radius 3 is 2.11 bits per heavy atom. The van der Waals surface area contributed by atoms with Gasteiger partial charge in [-0.15, -0.1) is 0 Å². The van der Waals surface area contributed by atoms with Crippen LogP contribution in [0.3, 0.4) is 0 Å². The molecule has 0 rings (SSSR count). The number of rotatable bonds is 10. The topological polar surface area (TPSA) is 53.2 Å². The Kier molecular flexibility index (Phi) is 18.0. The van der Waals surface area contributed by atoms with E-state index in [2.05, 4.69) is 16.0 Å². The number of carbonyl (C=O) groups is 1. The minimum absolute atomic E-state index is 0.100. The molecular weight excluding hydrogens is 226 g/mol. The van der Waals surface area contributed by atoms with E-state index in [0.717, 1.165) is 32.6 Å². The van der Waals surface area contributed by atoms with Crippen molar-refractivity contribution < 1.29 is 4.79 Å². The minimum Gasteiger partial charge on any atom is -0.356 e. The third kappa shape index (κ3) is 15.4. The van der Waals surface area contributed by atoms with Crippen molar-refractivity contribution in [3.63, 3.8) is 0 Å². The van der Waals surface area contributed by atoms with Crippen LogP contribution in [0, 0.1) is 5.92 Å². The second-order valence-corrected chi connectivity index (χ2v) is 4.36. The number of unbranched alkanes of at least 4 members (excludes halogenated alkanes) is 2. The van der Waals surface area contributed by atoms with Crippen LogP contribution >= 0.6 is 0 Å². The Labute approximate surface area is 113 Å². The zero-order valence-corrected chi connectivity index (χ0v) is 12.9. The largest absolute Gasteiger partial charge is 0.356 e. The molecule has 1 amide bonds. The molecule has 18 heavy (non-hydrogen) atoms. The normalized spacial score (nSPS) is 9.89. The Balaban J connectivity index is 0. The highest BCUT2D eigenvalue weighted by atomic mass is 16.1. The highest BCUT2D eigenvalue weighted by Gasteiger charge is 2.04. The zero-order chi connectivity index (χ0) is 14.2. The molecule has 4 nitrogen and oxygen atoms in total. The van der Waals surface area contributed by atoms with Gasteiger partial charge in [0, 0.05) is 25.6 Å². The highest BCUT2D eigenvalue weighted by molar-refractivity contribution is 5.77. The molecule has 0 aliphatic heterocycles. The summed E-state index contributed by atoms with van der Waals surface area (Å²) in [5.41, 5.74) is 0. The van der Waals surface area contributed by atoms with Crippen LogP contribution in [0.5, 0.6) is 0 Å². The molecule has 0 unspecified atom stereocenters. The number of carbonyl (C=O) groups excluding carboxylic acids is 1. The average Bonchev–Trinajstić information content (AvgIpc) is 2.38. The van der Waals surface area contributed by atoms with E-state index in [9.17, 15) is 4.79 Å². The number of hydrogen-bond acceptors (Lipinski definition) is 3. The first kappa shape index (κ1) is 19.7. The van der Waals surface area contributed by atoms with Gasteiger partial charge >= 0.3 is 0 Å². The SMILES string of the molecule is CC.CNCCNCCCCCNC(=O)C(C)C. The number of hydrogen-bond donors (Lipinski definition) is 3. The van der Waals surface area contributed by atoms with Crippen molar-refractivity contribution in [3.05, 3.63) is 0 Å². The molecule has 3 N–H and O–H groups in total. The average molecular weight is 259 g/mol. The summed E-state index contributed by atoms with van der Waals surface area (Å²) in [5, 5.41) is 9.37. The quantitative estimate of drug-likeness (QED) is 0.524. The van der Waals surface area contributed by atoms with Crippen LogP contribution in [0.15, 0.2) is 0 Å². The maximum atomic E-state index is 11.2. The van der Waals surface area contributed by atoms with Gasteiger partial charge in [-0.3, -0.25) is 4.79 Å². The fourth-order valence-electron chi connectivity index (χ4n) is 1.31. The summed E-state index contributed by atoms with van der Waals surface area (Å²) in [6, 6.07) is 0. The number of amides is 1. The first-order valence-corrected chi connectivity index (χ1v) is 7.31. The molecule has 0 saturated carbocycles. The smallest absolute Gasteiger partial charge is 0.222 e. The Morgan fingerprint density at radius 1 is 0.944 bits per heavy atom. The van der Waals surface area contributed by atoms with E-state index in [1.165, 1.54) is 12.8 Å². The second kappa shape index (κ2) is 16.4. The first-order valence-electron chi connectivity index (χ1n) is 7.31. The van der Waals surface area contributed by atoms with Gasteiger partial charge in [-0.25, -0.2) is 0 Å². The maximum absolute atomic E-state index is 11.2. The monoisotopic (exact) mass is 259 g/mol. The predicted octanol–water partition coefficient (Wildman–Crippen LogP) is 1.76. The van der Waals surface area contributed by atoms with Gasteiger partial charge in [-0.1, -0.05) is 34.1 Å². The molecule has 4 heteroatoms. The summed E-state index contributed by atoms with van der Waals surface area (Å²) >= 11 is 0. The van der Waals surface area contributed by atoms with Crippen molar-refractivity contribution in [1.29, 1.82) is 0 Å². The van der Waals surface area contributed by atoms with Crippen molar-refractivity contribution in [3.8, 4) is 0 Å². The standard InChI is InChI=1S/C12H27N3O.C2H6/c1-11(2)12(16)15-8-6-4-5-7-14-10-9-13-3;1-2/h11,13-14H,4-10H2,1-3H3,(H,15,16);1-2H3. The lowest BCUT2D eigenvalue weighted by Gasteiger charge is -2.07. The van der Waals surface area contributed by atoms with E-state index in [0.29, 0.717) is 0 Å². The van der Waals surface area contributed by atoms with E-state index in [1.54, 1.807) is 0 Å². The van der Waals surface area contributed by atoms with Crippen molar-refractivity contribution in [2.24, 2.45) is 5.92 Å². The van der Waals surface area contributed by atoms with Gasteiger partial charge in [-0.2, -0.15) is 0 Å². The van der Waals surface area contributed by atoms with Crippen LogP contribution < -0.4 is 16.0 Å². The van der Waals surface area contributed by atoms with Crippen molar-refractivity contribution in [2.75, 3.05) is 33.2 Å². The third-order valence-electron chi connectivity index (χ3n) is 2.41. The van der Waals surface area contributed by atoms with Crippen LogP contribution in [0.4, 0.5) is 0 Å². The van der Waals surface area contributed by atoms with Gasteiger partial charge in [0.1, 0.15) is 0 Å². The van der Waals surface area contributed by atoms with Crippen LogP contribution in [-0.4, -0.2) is 39.1 Å². The Hall–Kier alpha value is -0.610. The Bertz CT molecular complexity index is 172. The summed E-state index contributed by atoms with van der Waals surface area (Å²) in [5.74, 6) is 0.260. The molecule has 0 aliphatic rings. The minimum atomic E-state index is 0.100. The van der Waals surface area contributed by atoms with E-state index < -0.39 is 0 Å². The molecule has 0 aromatic rings. The molecule has 0 atom stereocenters. The molecule has 0 heterocycles. The van der Waals surface area contributed by atoms with Gasteiger partial charge in [0.05, 0.1) is 0 Å². The molecule has 0 fully saturated rings. The van der Waals surface area contributed by atoms with E-state index in [1.807, 2.05) is 34.7 Å². The van der Waals surface area contributed by atoms with Gasteiger partial charge in [-0.05, 0) is 26.4 Å². The number of likely N-dealkylation sites (N-methyl/N-ethyl adjacent to an activating group) is 1. The first-order chi connectivity index (χ1) is 8.68. The molecule has 0 bridgehead atoms. The van der Waals surface area contributed by atoms with E-state index >= 15 is 0 Å². The van der Waals surface area contributed by atoms with Gasteiger partial charge in [0.25, 0.3) is 0 Å². The second-order valence-electron chi connectivity index (χ2n) is 4.36. The molecule has 0 saturated heterocycles. The van der Waals surface area contributed by atoms with Gasteiger partial charge in [0.15, 0.2) is 0 Å². The Morgan fingerprint density at radius 2 is 1.56 bits per heavy atom. The van der Waals surface area contributed by atoms with E-state index in [-0.39, 0.29) is 11.8 Å². The van der Waals surface area contributed by atoms with Crippen LogP contribution in [0.2, 0.25) is 0 Å². The molecule has 0 spiro atoms. The molecule has 0 aromatic heterocycles. The molecule has 0 aromatic carbocycles.